The molecular weight excluding hydrogens is 164 g/mol. The number of rotatable bonds is 1. The van der Waals surface area contributed by atoms with Gasteiger partial charge in [0.15, 0.2) is 0 Å². The topological polar surface area (TPSA) is 29.5 Å². The summed E-state index contributed by atoms with van der Waals surface area (Å²) in [5.74, 6) is 0.168. The van der Waals surface area contributed by atoms with Crippen molar-refractivity contribution in [2.24, 2.45) is 0 Å². The molecule has 1 aliphatic rings. The van der Waals surface area contributed by atoms with Crippen LogP contribution >= 0.6 is 0 Å². The summed E-state index contributed by atoms with van der Waals surface area (Å²) in [5, 5.41) is 9.64. The highest BCUT2D eigenvalue weighted by atomic mass is 16.5. The van der Waals surface area contributed by atoms with Crippen molar-refractivity contribution in [2.75, 3.05) is 13.2 Å². The highest BCUT2D eigenvalue weighted by molar-refractivity contribution is 5.30. The van der Waals surface area contributed by atoms with Gasteiger partial charge in [-0.25, -0.2) is 0 Å². The number of benzene rings is 1. The van der Waals surface area contributed by atoms with E-state index in [9.17, 15) is 5.11 Å². The van der Waals surface area contributed by atoms with Crippen LogP contribution in [0.15, 0.2) is 24.3 Å². The molecule has 2 atom stereocenters. The van der Waals surface area contributed by atoms with Crippen molar-refractivity contribution in [3.63, 3.8) is 0 Å². The van der Waals surface area contributed by atoms with Crippen molar-refractivity contribution in [1.29, 1.82) is 0 Å². The first-order valence-corrected chi connectivity index (χ1v) is 4.60. The van der Waals surface area contributed by atoms with Gasteiger partial charge in [-0.3, -0.25) is 0 Å². The summed E-state index contributed by atoms with van der Waals surface area (Å²) < 4.78 is 5.23. The highest BCUT2D eigenvalue weighted by Crippen LogP contribution is 2.27. The van der Waals surface area contributed by atoms with Crippen LogP contribution in [0.2, 0.25) is 0 Å². The van der Waals surface area contributed by atoms with E-state index in [1.807, 2.05) is 12.1 Å². The van der Waals surface area contributed by atoms with Gasteiger partial charge in [0, 0.05) is 5.92 Å². The van der Waals surface area contributed by atoms with Gasteiger partial charge in [-0.05, 0) is 18.1 Å². The average Bonchev–Trinajstić information content (AvgIpc) is 2.52. The quantitative estimate of drug-likeness (QED) is 0.705. The third-order valence-corrected chi connectivity index (χ3v) is 2.64. The Morgan fingerprint density at radius 1 is 1.31 bits per heavy atom. The van der Waals surface area contributed by atoms with Gasteiger partial charge in [0.25, 0.3) is 0 Å². The molecule has 13 heavy (non-hydrogen) atoms. The zero-order valence-electron chi connectivity index (χ0n) is 7.73. The number of ether oxygens (including phenoxy) is 1. The molecule has 1 aliphatic heterocycles. The van der Waals surface area contributed by atoms with Crippen LogP contribution in [0.3, 0.4) is 0 Å². The lowest BCUT2D eigenvalue weighted by molar-refractivity contribution is 0.124. The van der Waals surface area contributed by atoms with E-state index in [0.29, 0.717) is 13.2 Å². The molecule has 2 nitrogen and oxygen atoms in total. The zero-order valence-corrected chi connectivity index (χ0v) is 7.73. The predicted molar refractivity (Wildman–Crippen MR) is 50.7 cm³/mol. The number of hydrogen-bond acceptors (Lipinski definition) is 2. The second kappa shape index (κ2) is 3.48. The molecule has 1 saturated heterocycles. The van der Waals surface area contributed by atoms with Crippen molar-refractivity contribution < 1.29 is 9.84 Å². The van der Waals surface area contributed by atoms with Crippen LogP contribution < -0.4 is 0 Å². The number of aryl methyl sites for hydroxylation is 1. The molecule has 0 aliphatic carbocycles. The fourth-order valence-electron chi connectivity index (χ4n) is 1.84. The lowest BCUT2D eigenvalue weighted by atomic mass is 9.93. The molecule has 0 bridgehead atoms. The van der Waals surface area contributed by atoms with Crippen molar-refractivity contribution >= 4 is 0 Å². The number of hydrogen-bond donors (Lipinski definition) is 1. The van der Waals surface area contributed by atoms with E-state index < -0.39 is 0 Å². The zero-order chi connectivity index (χ0) is 9.26. The third-order valence-electron chi connectivity index (χ3n) is 2.64. The minimum absolute atomic E-state index is 0.168. The van der Waals surface area contributed by atoms with Crippen LogP contribution in [0, 0.1) is 6.92 Å². The second-order valence-corrected chi connectivity index (χ2v) is 3.57. The van der Waals surface area contributed by atoms with Gasteiger partial charge >= 0.3 is 0 Å². The summed E-state index contributed by atoms with van der Waals surface area (Å²) >= 11 is 0. The Bertz CT molecular complexity index is 296. The Labute approximate surface area is 78.2 Å². The summed E-state index contributed by atoms with van der Waals surface area (Å²) in [6.45, 7) is 3.19. The molecule has 1 heterocycles. The van der Waals surface area contributed by atoms with Crippen LogP contribution in [0.25, 0.3) is 0 Å². The number of aliphatic hydroxyl groups is 1. The molecule has 70 valence electrons. The van der Waals surface area contributed by atoms with Gasteiger partial charge in [-0.1, -0.05) is 24.3 Å². The second-order valence-electron chi connectivity index (χ2n) is 3.57. The molecule has 0 amide bonds. The maximum Gasteiger partial charge on any atom is 0.0864 e. The number of aliphatic hydroxyl groups excluding tert-OH is 1. The lowest BCUT2D eigenvalue weighted by Crippen LogP contribution is -2.16. The Morgan fingerprint density at radius 2 is 2.08 bits per heavy atom. The summed E-state index contributed by atoms with van der Waals surface area (Å²) in [6.07, 6.45) is -0.332. The fraction of sp³-hybridized carbons (Fsp3) is 0.455. The average molecular weight is 178 g/mol. The van der Waals surface area contributed by atoms with E-state index in [4.69, 9.17) is 4.74 Å². The Balaban J connectivity index is 2.29. The molecule has 2 rings (SSSR count). The minimum Gasteiger partial charge on any atom is -0.390 e. The van der Waals surface area contributed by atoms with Crippen LogP contribution in [0.5, 0.6) is 0 Å². The molecule has 0 aromatic heterocycles. The maximum absolute atomic E-state index is 9.64. The van der Waals surface area contributed by atoms with Gasteiger partial charge in [-0.2, -0.15) is 0 Å². The first-order chi connectivity index (χ1) is 6.29. The normalized spacial score (nSPS) is 27.8. The molecule has 1 aromatic rings. The molecule has 0 radical (unpaired) electrons. The predicted octanol–water partition coefficient (Wildman–Crippen LogP) is 1.47. The first kappa shape index (κ1) is 8.73. The van der Waals surface area contributed by atoms with Crippen LogP contribution in [0.1, 0.15) is 17.0 Å². The monoisotopic (exact) mass is 178 g/mol. The van der Waals surface area contributed by atoms with Crippen molar-refractivity contribution in [2.45, 2.75) is 18.9 Å². The highest BCUT2D eigenvalue weighted by Gasteiger charge is 2.28. The molecule has 0 saturated carbocycles. The minimum atomic E-state index is -0.332. The largest absolute Gasteiger partial charge is 0.390 e. The molecule has 2 unspecified atom stereocenters. The van der Waals surface area contributed by atoms with Crippen molar-refractivity contribution in [3.05, 3.63) is 35.4 Å². The standard InChI is InChI=1S/C11H14O2/c1-8-4-2-3-5-9(8)10-6-13-7-11(10)12/h2-5,10-12H,6-7H2,1H3. The smallest absolute Gasteiger partial charge is 0.0864 e. The van der Waals surface area contributed by atoms with Gasteiger partial charge in [0.1, 0.15) is 0 Å². The Morgan fingerprint density at radius 3 is 2.69 bits per heavy atom. The van der Waals surface area contributed by atoms with Gasteiger partial charge in [0.2, 0.25) is 0 Å². The Hall–Kier alpha value is -0.860. The maximum atomic E-state index is 9.64. The van der Waals surface area contributed by atoms with E-state index >= 15 is 0 Å². The molecule has 1 fully saturated rings. The molecular formula is C11H14O2. The van der Waals surface area contributed by atoms with Crippen LogP contribution in [0.4, 0.5) is 0 Å². The summed E-state index contributed by atoms with van der Waals surface area (Å²) in [7, 11) is 0. The Kier molecular flexibility index (Phi) is 2.34. The molecule has 1 aromatic carbocycles. The van der Waals surface area contributed by atoms with Crippen molar-refractivity contribution in [3.8, 4) is 0 Å². The van der Waals surface area contributed by atoms with Crippen LogP contribution in [-0.4, -0.2) is 24.4 Å². The van der Waals surface area contributed by atoms with E-state index in [1.165, 1.54) is 11.1 Å². The first-order valence-electron chi connectivity index (χ1n) is 4.60. The van der Waals surface area contributed by atoms with E-state index in [2.05, 4.69) is 19.1 Å². The van der Waals surface area contributed by atoms with E-state index in [1.54, 1.807) is 0 Å². The summed E-state index contributed by atoms with van der Waals surface area (Å²) in [6, 6.07) is 8.16. The SMILES string of the molecule is Cc1ccccc1C1COCC1O. The van der Waals surface area contributed by atoms with E-state index in [-0.39, 0.29) is 12.0 Å². The van der Waals surface area contributed by atoms with Crippen LogP contribution in [-0.2, 0) is 4.74 Å². The fourth-order valence-corrected chi connectivity index (χ4v) is 1.84. The third kappa shape index (κ3) is 1.60. The van der Waals surface area contributed by atoms with Gasteiger partial charge in [0.05, 0.1) is 19.3 Å². The summed E-state index contributed by atoms with van der Waals surface area (Å²) in [5.41, 5.74) is 2.45. The van der Waals surface area contributed by atoms with Gasteiger partial charge < -0.3 is 9.84 Å². The van der Waals surface area contributed by atoms with Gasteiger partial charge in [-0.15, -0.1) is 0 Å². The van der Waals surface area contributed by atoms with Crippen molar-refractivity contribution in [1.82, 2.24) is 0 Å². The van der Waals surface area contributed by atoms with E-state index in [0.717, 1.165) is 0 Å². The molecule has 1 N–H and O–H groups in total. The summed E-state index contributed by atoms with van der Waals surface area (Å²) in [4.78, 5) is 0. The molecule has 0 spiro atoms. The molecule has 2 heteroatoms. The lowest BCUT2D eigenvalue weighted by Gasteiger charge is -2.14.